The minimum Gasteiger partial charge on any atom is -0.342 e. The molecule has 1 aliphatic heterocycles. The number of halogens is 1. The molecular formula is C14H13ClN4O3. The number of fused-ring (bicyclic) bond motifs is 2. The maximum atomic E-state index is 11.3. The molecule has 7 nitrogen and oxygen atoms in total. The van der Waals surface area contributed by atoms with Crippen LogP contribution < -0.4 is 0 Å². The van der Waals surface area contributed by atoms with Gasteiger partial charge in [0.2, 0.25) is 0 Å². The first-order valence-corrected chi connectivity index (χ1v) is 7.23. The molecule has 114 valence electrons. The zero-order chi connectivity index (χ0) is 15.5. The Morgan fingerprint density at radius 1 is 1.32 bits per heavy atom. The van der Waals surface area contributed by atoms with Crippen LogP contribution in [0.4, 0.5) is 0 Å². The number of aldehydes is 1. The van der Waals surface area contributed by atoms with Crippen LogP contribution in [0.1, 0.15) is 19.9 Å². The molecule has 22 heavy (non-hydrogen) atoms. The number of rotatable bonds is 2. The first-order valence-electron chi connectivity index (χ1n) is 6.86. The number of hydrogen-bond donors (Lipinski definition) is 0. The topological polar surface area (TPSA) is 79.1 Å². The highest BCUT2D eigenvalue weighted by molar-refractivity contribution is 6.33. The third kappa shape index (κ3) is 1.89. The van der Waals surface area contributed by atoms with Crippen LogP contribution in [0.3, 0.4) is 0 Å². The molecule has 0 bridgehead atoms. The van der Waals surface area contributed by atoms with E-state index < -0.39 is 5.79 Å². The van der Waals surface area contributed by atoms with E-state index >= 15 is 0 Å². The van der Waals surface area contributed by atoms with Gasteiger partial charge in [-0.25, -0.2) is 15.0 Å². The van der Waals surface area contributed by atoms with Gasteiger partial charge in [-0.2, -0.15) is 0 Å². The maximum absolute atomic E-state index is 11.3. The SMILES string of the molecule is CC1(C)O[C@@H]2[C@H](O1)C(C=O)=C[C@H]2n1cnc2c(Cl)ncnc21. The van der Waals surface area contributed by atoms with Crippen LogP contribution in [0.15, 0.2) is 24.3 Å². The first-order chi connectivity index (χ1) is 10.5. The molecule has 0 N–H and O–H groups in total. The average molecular weight is 321 g/mol. The molecule has 2 aromatic rings. The summed E-state index contributed by atoms with van der Waals surface area (Å²) >= 11 is 6.04. The van der Waals surface area contributed by atoms with Crippen molar-refractivity contribution in [3.63, 3.8) is 0 Å². The van der Waals surface area contributed by atoms with Gasteiger partial charge in [0.05, 0.1) is 12.4 Å². The molecule has 0 amide bonds. The van der Waals surface area contributed by atoms with E-state index in [0.29, 0.717) is 21.9 Å². The zero-order valence-corrected chi connectivity index (χ0v) is 12.7. The van der Waals surface area contributed by atoms with Gasteiger partial charge in [-0.15, -0.1) is 0 Å². The number of carbonyl (C=O) groups is 1. The largest absolute Gasteiger partial charge is 0.342 e. The van der Waals surface area contributed by atoms with Crippen molar-refractivity contribution >= 4 is 29.1 Å². The first kappa shape index (κ1) is 13.8. The molecule has 0 radical (unpaired) electrons. The maximum Gasteiger partial charge on any atom is 0.165 e. The van der Waals surface area contributed by atoms with E-state index in [1.807, 2.05) is 24.5 Å². The predicted molar refractivity (Wildman–Crippen MR) is 77.3 cm³/mol. The summed E-state index contributed by atoms with van der Waals surface area (Å²) < 4.78 is 13.6. The number of aromatic nitrogens is 4. The van der Waals surface area contributed by atoms with E-state index in [2.05, 4.69) is 15.0 Å². The van der Waals surface area contributed by atoms with Crippen molar-refractivity contribution in [3.8, 4) is 0 Å². The smallest absolute Gasteiger partial charge is 0.165 e. The Morgan fingerprint density at radius 2 is 2.14 bits per heavy atom. The fraction of sp³-hybridized carbons (Fsp3) is 0.429. The van der Waals surface area contributed by atoms with Crippen molar-refractivity contribution < 1.29 is 14.3 Å². The van der Waals surface area contributed by atoms with Gasteiger partial charge in [0.25, 0.3) is 0 Å². The quantitative estimate of drug-likeness (QED) is 0.619. The standard InChI is InChI=1S/C14H13ClN4O3/c1-14(2)21-10-7(4-20)3-8(11(10)22-14)19-6-18-9-12(15)16-5-17-13(9)19/h3-6,8,10-11H,1-2H3/t8-,10-,11+/m1/s1. The lowest BCUT2D eigenvalue weighted by Crippen LogP contribution is -2.28. The molecule has 0 saturated carbocycles. The van der Waals surface area contributed by atoms with E-state index in [-0.39, 0.29) is 18.2 Å². The normalized spacial score (nSPS) is 29.6. The van der Waals surface area contributed by atoms with E-state index in [1.165, 1.54) is 6.33 Å². The second kappa shape index (κ2) is 4.58. The van der Waals surface area contributed by atoms with E-state index in [0.717, 1.165) is 6.29 Å². The van der Waals surface area contributed by atoms with E-state index in [9.17, 15) is 4.79 Å². The van der Waals surface area contributed by atoms with Gasteiger partial charge in [0.1, 0.15) is 30.3 Å². The summed E-state index contributed by atoms with van der Waals surface area (Å²) in [7, 11) is 0. The summed E-state index contributed by atoms with van der Waals surface area (Å²) in [6.07, 6.45) is 4.97. The van der Waals surface area contributed by atoms with E-state index in [4.69, 9.17) is 21.1 Å². The van der Waals surface area contributed by atoms with Gasteiger partial charge in [0.15, 0.2) is 16.6 Å². The van der Waals surface area contributed by atoms with E-state index in [1.54, 1.807) is 6.33 Å². The van der Waals surface area contributed by atoms with Crippen molar-refractivity contribution in [3.05, 3.63) is 29.5 Å². The molecule has 1 fully saturated rings. The molecule has 2 aromatic heterocycles. The van der Waals surface area contributed by atoms with Crippen LogP contribution in [0.2, 0.25) is 5.15 Å². The summed E-state index contributed by atoms with van der Waals surface area (Å²) in [5, 5.41) is 0.293. The number of nitrogens with zero attached hydrogens (tertiary/aromatic N) is 4. The molecule has 0 aromatic carbocycles. The number of ether oxygens (including phenoxy) is 2. The van der Waals surface area contributed by atoms with Crippen molar-refractivity contribution in [1.82, 2.24) is 19.5 Å². The molecule has 1 aliphatic carbocycles. The number of carbonyl (C=O) groups excluding carboxylic acids is 1. The van der Waals surface area contributed by atoms with Gasteiger partial charge < -0.3 is 14.0 Å². The Hall–Kier alpha value is -1.83. The zero-order valence-electron chi connectivity index (χ0n) is 11.9. The average Bonchev–Trinajstić information content (AvgIpc) is 3.10. The summed E-state index contributed by atoms with van der Waals surface area (Å²) in [6.45, 7) is 3.66. The molecule has 2 aliphatic rings. The summed E-state index contributed by atoms with van der Waals surface area (Å²) in [4.78, 5) is 23.7. The van der Waals surface area contributed by atoms with Crippen LogP contribution in [-0.4, -0.2) is 43.8 Å². The number of imidazole rings is 1. The van der Waals surface area contributed by atoms with Crippen molar-refractivity contribution in [1.29, 1.82) is 0 Å². The van der Waals surface area contributed by atoms with Crippen molar-refractivity contribution in [2.75, 3.05) is 0 Å². The van der Waals surface area contributed by atoms with Crippen LogP contribution in [0.5, 0.6) is 0 Å². The lowest BCUT2D eigenvalue weighted by atomic mass is 10.1. The Labute approximate surface area is 130 Å². The second-order valence-corrected chi connectivity index (χ2v) is 6.14. The molecule has 8 heteroatoms. The molecule has 1 saturated heterocycles. The Bertz CT molecular complexity index is 800. The van der Waals surface area contributed by atoms with Gasteiger partial charge in [-0.1, -0.05) is 11.6 Å². The molecule has 4 rings (SSSR count). The number of hydrogen-bond acceptors (Lipinski definition) is 6. The van der Waals surface area contributed by atoms with Gasteiger partial charge in [-0.05, 0) is 19.9 Å². The fourth-order valence-corrected chi connectivity index (χ4v) is 3.25. The van der Waals surface area contributed by atoms with Gasteiger partial charge >= 0.3 is 0 Å². The highest BCUT2D eigenvalue weighted by Crippen LogP contribution is 2.43. The van der Waals surface area contributed by atoms with Crippen molar-refractivity contribution in [2.45, 2.75) is 37.9 Å². The molecule has 3 atom stereocenters. The van der Waals surface area contributed by atoms with Crippen LogP contribution in [-0.2, 0) is 14.3 Å². The summed E-state index contributed by atoms with van der Waals surface area (Å²) in [6, 6.07) is -0.233. The monoisotopic (exact) mass is 320 g/mol. The molecule has 3 heterocycles. The fourth-order valence-electron chi connectivity index (χ4n) is 3.07. The second-order valence-electron chi connectivity index (χ2n) is 5.78. The van der Waals surface area contributed by atoms with Crippen LogP contribution in [0.25, 0.3) is 11.2 Å². The molecular weight excluding hydrogens is 308 g/mol. The van der Waals surface area contributed by atoms with Crippen LogP contribution >= 0.6 is 11.6 Å². The third-order valence-corrected chi connectivity index (χ3v) is 4.21. The lowest BCUT2D eigenvalue weighted by molar-refractivity contribution is -0.148. The van der Waals surface area contributed by atoms with Crippen LogP contribution in [0, 0.1) is 0 Å². The summed E-state index contributed by atoms with van der Waals surface area (Å²) in [5.74, 6) is -0.737. The Kier molecular flexibility index (Phi) is 2.87. The highest BCUT2D eigenvalue weighted by atomic mass is 35.5. The third-order valence-electron chi connectivity index (χ3n) is 3.93. The van der Waals surface area contributed by atoms with Gasteiger partial charge in [0, 0.05) is 5.57 Å². The van der Waals surface area contributed by atoms with Gasteiger partial charge in [-0.3, -0.25) is 4.79 Å². The Balaban J connectivity index is 1.83. The summed E-state index contributed by atoms with van der Waals surface area (Å²) in [5.41, 5.74) is 1.69. The minimum atomic E-state index is -0.737. The predicted octanol–water partition coefficient (Wildman–Crippen LogP) is 1.68. The molecule has 0 unspecified atom stereocenters. The molecule has 0 spiro atoms. The minimum absolute atomic E-state index is 0.233. The van der Waals surface area contributed by atoms with Crippen molar-refractivity contribution in [2.24, 2.45) is 0 Å². The lowest BCUT2D eigenvalue weighted by Gasteiger charge is -2.21. The highest BCUT2D eigenvalue weighted by Gasteiger charge is 2.50. The Morgan fingerprint density at radius 3 is 2.91 bits per heavy atom.